The minimum absolute atomic E-state index is 0.244. The topological polar surface area (TPSA) is 228 Å². The highest BCUT2D eigenvalue weighted by molar-refractivity contribution is 5.76. The van der Waals surface area contributed by atoms with E-state index < -0.39 is 86.8 Å². The first-order valence-corrected chi connectivity index (χ1v) is 27.2. The van der Waals surface area contributed by atoms with Crippen LogP contribution in [0.5, 0.6) is 0 Å². The van der Waals surface area contributed by atoms with Crippen LogP contribution < -0.4 is 5.32 Å². The summed E-state index contributed by atoms with van der Waals surface area (Å²) in [4.78, 5) is 13.2. The van der Waals surface area contributed by atoms with Gasteiger partial charge in [-0.05, 0) is 51.4 Å². The van der Waals surface area contributed by atoms with E-state index in [4.69, 9.17) is 18.9 Å². The lowest BCUT2D eigenvalue weighted by Crippen LogP contribution is -2.65. The molecule has 2 aliphatic heterocycles. The van der Waals surface area contributed by atoms with Gasteiger partial charge in [0.15, 0.2) is 12.6 Å². The zero-order valence-corrected chi connectivity index (χ0v) is 42.3. The number of nitrogens with one attached hydrogen (secondary N) is 1. The first kappa shape index (κ1) is 62.3. The highest BCUT2D eigenvalue weighted by Gasteiger charge is 2.51. The fourth-order valence-electron chi connectivity index (χ4n) is 8.85. The summed E-state index contributed by atoms with van der Waals surface area (Å²) in [6.07, 6.45) is 30.3. The van der Waals surface area contributed by atoms with Crippen molar-refractivity contribution in [2.24, 2.45) is 0 Å². The lowest BCUT2D eigenvalue weighted by Gasteiger charge is -2.46. The average molecular weight is 970 g/mol. The van der Waals surface area contributed by atoms with Gasteiger partial charge in [0.1, 0.15) is 48.8 Å². The molecule has 0 spiro atoms. The molecule has 2 fully saturated rings. The van der Waals surface area contributed by atoms with Gasteiger partial charge < -0.3 is 65.1 Å². The first-order valence-electron chi connectivity index (χ1n) is 27.2. The Morgan fingerprint density at radius 2 is 0.971 bits per heavy atom. The standard InChI is InChI=1S/C54H99NO13/c1-3-5-7-9-11-13-15-17-19-20-21-22-24-26-28-30-32-34-36-38-46(59)55-42(43(58)37-35-33-31-29-27-25-23-18-16-14-12-10-8-6-4-2)41-65-53-51(64)49(62)52(45(40-57)67-53)68-54-50(63)48(61)47(60)44(39-56)66-54/h11,13,17,19,35,37,42-45,47-54,56-58,60-64H,3-10,12,14-16,18,20-34,36,38-41H2,1-2H3,(H,55,59)/b13-11-,19-17-,37-35+. The maximum absolute atomic E-state index is 13.2. The smallest absolute Gasteiger partial charge is 0.220 e. The molecule has 398 valence electrons. The van der Waals surface area contributed by atoms with E-state index in [-0.39, 0.29) is 18.9 Å². The minimum atomic E-state index is -1.79. The van der Waals surface area contributed by atoms with Gasteiger partial charge in [-0.15, -0.1) is 0 Å². The molecule has 2 saturated heterocycles. The lowest BCUT2D eigenvalue weighted by atomic mass is 9.97. The molecular weight excluding hydrogens is 871 g/mol. The van der Waals surface area contributed by atoms with Crippen LogP contribution in [0.25, 0.3) is 0 Å². The van der Waals surface area contributed by atoms with Gasteiger partial charge in [-0.1, -0.05) is 185 Å². The predicted octanol–water partition coefficient (Wildman–Crippen LogP) is 7.88. The van der Waals surface area contributed by atoms with E-state index in [0.29, 0.717) is 6.42 Å². The Kier molecular flexibility index (Phi) is 37.4. The second-order valence-electron chi connectivity index (χ2n) is 19.4. The summed E-state index contributed by atoms with van der Waals surface area (Å²) < 4.78 is 22.7. The Labute approximate surface area is 411 Å². The molecule has 1 amide bonds. The van der Waals surface area contributed by atoms with Crippen LogP contribution in [-0.2, 0) is 23.7 Å². The molecule has 2 rings (SSSR count). The third-order valence-electron chi connectivity index (χ3n) is 13.3. The third-order valence-corrected chi connectivity index (χ3v) is 13.3. The third kappa shape index (κ3) is 27.1. The van der Waals surface area contributed by atoms with Gasteiger partial charge in [-0.25, -0.2) is 0 Å². The molecule has 68 heavy (non-hydrogen) atoms. The summed E-state index contributed by atoms with van der Waals surface area (Å²) in [6.45, 7) is 2.76. The number of hydrogen-bond donors (Lipinski definition) is 9. The molecule has 0 aromatic rings. The van der Waals surface area contributed by atoms with Gasteiger partial charge in [-0.2, -0.15) is 0 Å². The van der Waals surface area contributed by atoms with Crippen LogP contribution in [0.1, 0.15) is 206 Å². The van der Waals surface area contributed by atoms with Crippen molar-refractivity contribution in [3.05, 3.63) is 36.5 Å². The maximum atomic E-state index is 13.2. The van der Waals surface area contributed by atoms with Gasteiger partial charge in [0.2, 0.25) is 5.91 Å². The highest BCUT2D eigenvalue weighted by Crippen LogP contribution is 2.30. The molecule has 9 N–H and O–H groups in total. The van der Waals surface area contributed by atoms with Crippen LogP contribution in [0.15, 0.2) is 36.5 Å². The number of ether oxygens (including phenoxy) is 4. The summed E-state index contributed by atoms with van der Waals surface area (Å²) >= 11 is 0. The number of aliphatic hydroxyl groups excluding tert-OH is 8. The van der Waals surface area contributed by atoms with Gasteiger partial charge in [0.25, 0.3) is 0 Å². The number of amides is 1. The summed E-state index contributed by atoms with van der Waals surface area (Å²) in [5, 5.41) is 86.9. The van der Waals surface area contributed by atoms with Gasteiger partial charge in [-0.3, -0.25) is 4.79 Å². The van der Waals surface area contributed by atoms with Crippen molar-refractivity contribution in [3.63, 3.8) is 0 Å². The number of carbonyl (C=O) groups excluding carboxylic acids is 1. The normalized spacial score (nSPS) is 26.6. The predicted molar refractivity (Wildman–Crippen MR) is 268 cm³/mol. The Bertz CT molecular complexity index is 1280. The van der Waals surface area contributed by atoms with Crippen molar-refractivity contribution in [1.29, 1.82) is 0 Å². The van der Waals surface area contributed by atoms with Crippen LogP contribution >= 0.6 is 0 Å². The van der Waals surface area contributed by atoms with E-state index in [1.165, 1.54) is 128 Å². The molecule has 0 aromatic carbocycles. The van der Waals surface area contributed by atoms with Gasteiger partial charge >= 0.3 is 0 Å². The molecule has 0 saturated carbocycles. The average Bonchev–Trinajstić information content (AvgIpc) is 3.34. The van der Waals surface area contributed by atoms with Crippen molar-refractivity contribution < 1.29 is 64.6 Å². The molecule has 0 bridgehead atoms. The van der Waals surface area contributed by atoms with E-state index >= 15 is 0 Å². The molecular formula is C54H99NO13. The fourth-order valence-corrected chi connectivity index (χ4v) is 8.85. The van der Waals surface area contributed by atoms with E-state index in [2.05, 4.69) is 43.5 Å². The molecule has 0 aliphatic carbocycles. The molecule has 0 radical (unpaired) electrons. The second-order valence-corrected chi connectivity index (χ2v) is 19.4. The Morgan fingerprint density at radius 3 is 1.50 bits per heavy atom. The summed E-state index contributed by atoms with van der Waals surface area (Å²) in [7, 11) is 0. The summed E-state index contributed by atoms with van der Waals surface area (Å²) in [6, 6.07) is -0.915. The zero-order valence-electron chi connectivity index (χ0n) is 42.3. The molecule has 12 atom stereocenters. The zero-order chi connectivity index (χ0) is 49.6. The van der Waals surface area contributed by atoms with E-state index in [1.54, 1.807) is 6.08 Å². The minimum Gasteiger partial charge on any atom is -0.394 e. The Morgan fingerprint density at radius 1 is 0.529 bits per heavy atom. The van der Waals surface area contributed by atoms with Crippen molar-refractivity contribution in [2.75, 3.05) is 19.8 Å². The monoisotopic (exact) mass is 970 g/mol. The second kappa shape index (κ2) is 40.8. The number of carbonyl (C=O) groups is 1. The van der Waals surface area contributed by atoms with Crippen molar-refractivity contribution >= 4 is 5.91 Å². The molecule has 14 heteroatoms. The number of hydrogen-bond acceptors (Lipinski definition) is 13. The number of allylic oxidation sites excluding steroid dienone is 5. The molecule has 2 aliphatic rings. The summed E-state index contributed by atoms with van der Waals surface area (Å²) in [5.41, 5.74) is 0. The largest absolute Gasteiger partial charge is 0.394 e. The molecule has 14 nitrogen and oxygen atoms in total. The van der Waals surface area contributed by atoms with Crippen LogP contribution in [0, 0.1) is 0 Å². The van der Waals surface area contributed by atoms with Crippen LogP contribution in [0.4, 0.5) is 0 Å². The van der Waals surface area contributed by atoms with Gasteiger partial charge in [0.05, 0.1) is 32.0 Å². The van der Waals surface area contributed by atoms with Crippen molar-refractivity contribution in [3.8, 4) is 0 Å². The van der Waals surface area contributed by atoms with Crippen molar-refractivity contribution in [1.82, 2.24) is 5.32 Å². The number of unbranched alkanes of at least 4 members (excludes halogenated alkanes) is 25. The molecule has 2 heterocycles. The Hall–Kier alpha value is -1.79. The van der Waals surface area contributed by atoms with E-state index in [0.717, 1.165) is 51.4 Å². The summed E-state index contributed by atoms with van der Waals surface area (Å²) in [5.74, 6) is -0.244. The van der Waals surface area contributed by atoms with Crippen LogP contribution in [-0.4, -0.2) is 140 Å². The number of rotatable bonds is 42. The van der Waals surface area contributed by atoms with E-state index in [9.17, 15) is 45.6 Å². The maximum Gasteiger partial charge on any atom is 0.220 e. The Balaban J connectivity index is 1.82. The highest BCUT2D eigenvalue weighted by atomic mass is 16.7. The van der Waals surface area contributed by atoms with E-state index in [1.807, 2.05) is 6.08 Å². The number of aliphatic hydroxyl groups is 8. The van der Waals surface area contributed by atoms with Crippen LogP contribution in [0.3, 0.4) is 0 Å². The molecule has 12 unspecified atom stereocenters. The first-order chi connectivity index (χ1) is 33.1. The quantitative estimate of drug-likeness (QED) is 0.0210. The molecule has 0 aromatic heterocycles. The lowest BCUT2D eigenvalue weighted by molar-refractivity contribution is -0.359. The fraction of sp³-hybridized carbons (Fsp3) is 0.870. The van der Waals surface area contributed by atoms with Crippen LogP contribution in [0.2, 0.25) is 0 Å². The SMILES string of the molecule is CCCCC/C=C\C/C=C\CCCCCCCCCCCC(=O)NC(COC1OC(CO)C(OC2OC(CO)C(O)C(O)C2O)C(O)C1O)C(O)/C=C/CCCCCCCCCCCCCCC. The van der Waals surface area contributed by atoms with Gasteiger partial charge in [0, 0.05) is 6.42 Å². The van der Waals surface area contributed by atoms with Crippen molar-refractivity contribution in [2.45, 2.75) is 280 Å².